The van der Waals surface area contributed by atoms with E-state index in [9.17, 15) is 4.79 Å². The van der Waals surface area contributed by atoms with Crippen LogP contribution in [-0.4, -0.2) is 72.4 Å². The molecule has 2 aliphatic rings. The molecule has 9 heteroatoms. The molecule has 1 aromatic carbocycles. The van der Waals surface area contributed by atoms with Gasteiger partial charge >= 0.3 is 6.03 Å². The van der Waals surface area contributed by atoms with Gasteiger partial charge in [-0.2, -0.15) is 4.98 Å². The highest BCUT2D eigenvalue weighted by molar-refractivity contribution is 6.35. The number of anilines is 4. The maximum atomic E-state index is 12.4. The Kier molecular flexibility index (Phi) is 8.04. The summed E-state index contributed by atoms with van der Waals surface area (Å²) in [6.45, 7) is 7.04. The van der Waals surface area contributed by atoms with Gasteiger partial charge in [-0.3, -0.25) is 0 Å². The minimum atomic E-state index is -0.0567. The van der Waals surface area contributed by atoms with Gasteiger partial charge in [-0.05, 0) is 69.2 Å². The van der Waals surface area contributed by atoms with Gasteiger partial charge in [-0.15, -0.1) is 0 Å². The zero-order valence-corrected chi connectivity index (χ0v) is 19.5. The molecule has 2 saturated heterocycles. The zero-order chi connectivity index (χ0) is 23.0. The van der Waals surface area contributed by atoms with Crippen LogP contribution in [0.4, 0.5) is 27.9 Å². The van der Waals surface area contributed by atoms with Crippen molar-refractivity contribution in [2.24, 2.45) is 0 Å². The third-order valence-electron chi connectivity index (χ3n) is 6.44. The molecule has 0 saturated carbocycles. The van der Waals surface area contributed by atoms with Gasteiger partial charge in [0.25, 0.3) is 0 Å². The number of hydrogen-bond donors (Lipinski definition) is 3. The van der Waals surface area contributed by atoms with Gasteiger partial charge < -0.3 is 25.8 Å². The molecule has 174 valence electrons. The van der Waals surface area contributed by atoms with Crippen molar-refractivity contribution in [2.45, 2.75) is 51.5 Å². The highest BCUT2D eigenvalue weighted by Gasteiger charge is 2.18. The lowest BCUT2D eigenvalue weighted by Gasteiger charge is -2.33. The third kappa shape index (κ3) is 6.60. The zero-order valence-electron chi connectivity index (χ0n) is 19.5. The number of urea groups is 1. The van der Waals surface area contributed by atoms with Crippen LogP contribution in [0, 0.1) is 0 Å². The summed E-state index contributed by atoms with van der Waals surface area (Å²) in [6.07, 6.45) is 8.73. The van der Waals surface area contributed by atoms with E-state index >= 15 is 0 Å². The molecule has 33 heavy (non-hydrogen) atoms. The first-order chi connectivity index (χ1) is 16.1. The summed E-state index contributed by atoms with van der Waals surface area (Å²) >= 11 is 0. The van der Waals surface area contributed by atoms with E-state index in [2.05, 4.69) is 37.7 Å². The molecule has 0 spiro atoms. The first-order valence-corrected chi connectivity index (χ1v) is 12.1. The Morgan fingerprint density at radius 3 is 2.76 bits per heavy atom. The van der Waals surface area contributed by atoms with E-state index in [1.165, 1.54) is 25.8 Å². The molecule has 4 rings (SSSR count). The maximum Gasteiger partial charge on any atom is 0.321 e. The largest absolute Gasteiger partial charge is 0.370 e. The third-order valence-corrected chi connectivity index (χ3v) is 6.44. The van der Waals surface area contributed by atoms with Gasteiger partial charge in [0.15, 0.2) is 0 Å². The molecule has 3 heterocycles. The summed E-state index contributed by atoms with van der Waals surface area (Å²) in [5.74, 6) is 1.09. The number of aromatic nitrogens is 2. The molecule has 0 bridgehead atoms. The quantitative estimate of drug-likeness (QED) is 0.425. The Morgan fingerprint density at radius 1 is 1.15 bits per heavy atom. The predicted molar refractivity (Wildman–Crippen MR) is 135 cm³/mol. The van der Waals surface area contributed by atoms with Crippen molar-refractivity contribution in [2.75, 3.05) is 48.7 Å². The van der Waals surface area contributed by atoms with Crippen molar-refractivity contribution in [3.05, 3.63) is 30.5 Å². The maximum absolute atomic E-state index is 12.4. The van der Waals surface area contributed by atoms with Gasteiger partial charge in [0, 0.05) is 49.8 Å². The SMILES string of the molecule is [B]c1cnc(Nc2cccc(NC(=O)N3CCCC3)c2)nc1NCCCN1CCCCC1C. The Hall–Kier alpha value is -2.81. The van der Waals surface area contributed by atoms with Gasteiger partial charge in [0.2, 0.25) is 5.95 Å². The molecule has 2 fully saturated rings. The number of carbonyl (C=O) groups is 1. The fourth-order valence-electron chi connectivity index (χ4n) is 4.50. The summed E-state index contributed by atoms with van der Waals surface area (Å²) in [4.78, 5) is 25.6. The molecule has 2 aliphatic heterocycles. The second-order valence-corrected chi connectivity index (χ2v) is 8.99. The van der Waals surface area contributed by atoms with Gasteiger partial charge in [-0.1, -0.05) is 12.5 Å². The fourth-order valence-corrected chi connectivity index (χ4v) is 4.50. The molecule has 8 nitrogen and oxygen atoms in total. The van der Waals surface area contributed by atoms with Crippen LogP contribution in [0.15, 0.2) is 30.5 Å². The van der Waals surface area contributed by atoms with Crippen LogP contribution in [0.25, 0.3) is 0 Å². The minimum absolute atomic E-state index is 0.0567. The van der Waals surface area contributed by atoms with E-state index < -0.39 is 0 Å². The first kappa shape index (κ1) is 23.4. The lowest BCUT2D eigenvalue weighted by atomic mass is 9.99. The summed E-state index contributed by atoms with van der Waals surface area (Å²) < 4.78 is 0. The second-order valence-electron chi connectivity index (χ2n) is 8.99. The molecule has 2 amide bonds. The lowest BCUT2D eigenvalue weighted by Crippen LogP contribution is -2.38. The van der Waals surface area contributed by atoms with Crippen LogP contribution in [-0.2, 0) is 0 Å². The number of hydrogen-bond acceptors (Lipinski definition) is 6. The Morgan fingerprint density at radius 2 is 1.94 bits per heavy atom. The van der Waals surface area contributed by atoms with E-state index in [-0.39, 0.29) is 6.03 Å². The Labute approximate surface area is 198 Å². The smallest absolute Gasteiger partial charge is 0.321 e. The fraction of sp³-hybridized carbons (Fsp3) is 0.542. The van der Waals surface area contributed by atoms with Gasteiger partial charge in [0.1, 0.15) is 13.7 Å². The van der Waals surface area contributed by atoms with Crippen LogP contribution in [0.5, 0.6) is 0 Å². The standard InChI is InChI=1S/C24H34BN7O/c1-18-8-2-3-12-31(18)15-7-11-26-22-21(25)17-27-23(30-22)28-19-9-6-10-20(16-19)29-24(33)32-13-4-5-14-32/h6,9-10,16-18H,2-5,7-8,11-15H2,1H3,(H,29,33)(H2,26,27,28,30). The molecule has 1 atom stereocenters. The van der Waals surface area contributed by atoms with Crippen molar-refractivity contribution >= 4 is 42.5 Å². The van der Waals surface area contributed by atoms with E-state index in [0.717, 1.165) is 56.8 Å². The highest BCUT2D eigenvalue weighted by Crippen LogP contribution is 2.20. The van der Waals surface area contributed by atoms with Crippen molar-refractivity contribution < 1.29 is 4.79 Å². The molecule has 2 radical (unpaired) electrons. The van der Waals surface area contributed by atoms with Crippen molar-refractivity contribution in [3.63, 3.8) is 0 Å². The van der Waals surface area contributed by atoms with E-state index in [1.54, 1.807) is 6.20 Å². The number of benzene rings is 1. The molecule has 0 aliphatic carbocycles. The summed E-state index contributed by atoms with van der Waals surface area (Å²) in [5.41, 5.74) is 2.06. The molecular formula is C24H34BN7O. The first-order valence-electron chi connectivity index (χ1n) is 12.1. The predicted octanol–water partition coefficient (Wildman–Crippen LogP) is 3.32. The van der Waals surface area contributed by atoms with Crippen molar-refractivity contribution in [3.8, 4) is 0 Å². The minimum Gasteiger partial charge on any atom is -0.370 e. The van der Waals surface area contributed by atoms with E-state index in [1.807, 2.05) is 29.2 Å². The molecular weight excluding hydrogens is 413 g/mol. The van der Waals surface area contributed by atoms with E-state index in [4.69, 9.17) is 7.85 Å². The number of carbonyl (C=O) groups excluding carboxylic acids is 1. The topological polar surface area (TPSA) is 85.4 Å². The molecule has 1 unspecified atom stereocenters. The van der Waals surface area contributed by atoms with Crippen LogP contribution >= 0.6 is 0 Å². The number of nitrogens with one attached hydrogen (secondary N) is 3. The molecule has 1 aromatic heterocycles. The lowest BCUT2D eigenvalue weighted by molar-refractivity contribution is 0.160. The number of likely N-dealkylation sites (tertiary alicyclic amines) is 2. The van der Waals surface area contributed by atoms with E-state index in [0.29, 0.717) is 23.3 Å². The summed E-state index contributed by atoms with van der Waals surface area (Å²) in [5, 5.41) is 9.53. The average molecular weight is 447 g/mol. The van der Waals surface area contributed by atoms with Crippen LogP contribution < -0.4 is 21.4 Å². The number of rotatable bonds is 8. The summed E-state index contributed by atoms with van der Waals surface area (Å²) in [7, 11) is 6.09. The van der Waals surface area contributed by atoms with Crippen LogP contribution in [0.3, 0.4) is 0 Å². The van der Waals surface area contributed by atoms with Gasteiger partial charge in [-0.25, -0.2) is 9.78 Å². The highest BCUT2D eigenvalue weighted by atomic mass is 16.2. The number of nitrogens with zero attached hydrogens (tertiary/aromatic N) is 4. The van der Waals surface area contributed by atoms with Gasteiger partial charge in [0.05, 0.1) is 0 Å². The normalized spacial score (nSPS) is 18.8. The van der Waals surface area contributed by atoms with Crippen molar-refractivity contribution in [1.82, 2.24) is 19.8 Å². The van der Waals surface area contributed by atoms with Crippen LogP contribution in [0.2, 0.25) is 0 Å². The van der Waals surface area contributed by atoms with Crippen LogP contribution in [0.1, 0.15) is 45.4 Å². The number of amides is 2. The molecule has 3 N–H and O–H groups in total. The molecule has 2 aromatic rings. The average Bonchev–Trinajstić information content (AvgIpc) is 3.35. The Bertz CT molecular complexity index is 935. The second kappa shape index (κ2) is 11.4. The monoisotopic (exact) mass is 447 g/mol. The Balaban J connectivity index is 1.30. The number of piperidine rings is 1. The summed E-state index contributed by atoms with van der Waals surface area (Å²) in [6, 6.07) is 8.17. The van der Waals surface area contributed by atoms with Crippen molar-refractivity contribution in [1.29, 1.82) is 0 Å².